The van der Waals surface area contributed by atoms with Crippen LogP contribution in [0.5, 0.6) is 11.6 Å². The van der Waals surface area contributed by atoms with Crippen molar-refractivity contribution in [1.29, 1.82) is 0 Å². The summed E-state index contributed by atoms with van der Waals surface area (Å²) in [7, 11) is 0. The van der Waals surface area contributed by atoms with Gasteiger partial charge in [0.05, 0.1) is 12.3 Å². The van der Waals surface area contributed by atoms with Gasteiger partial charge in [-0.2, -0.15) is 4.98 Å². The SMILES string of the molecule is CCCC(=O)N1c2ccccc2-c2nnc(SCC(C)C)nc2O[C@@H]1c1ccc(OCC)cc1. The summed E-state index contributed by atoms with van der Waals surface area (Å²) in [5.74, 6) is 2.49. The minimum absolute atomic E-state index is 0.0241. The fraction of sp³-hybridized carbons (Fsp3) is 0.385. The molecule has 3 aromatic rings. The number of ether oxygens (including phenoxy) is 2. The average Bonchev–Trinajstić information content (AvgIpc) is 2.98. The number of carbonyl (C=O) groups is 1. The van der Waals surface area contributed by atoms with Gasteiger partial charge in [-0.25, -0.2) is 0 Å². The lowest BCUT2D eigenvalue weighted by Gasteiger charge is -2.31. The van der Waals surface area contributed by atoms with Gasteiger partial charge in [-0.05, 0) is 49.6 Å². The molecule has 0 fully saturated rings. The van der Waals surface area contributed by atoms with Gasteiger partial charge < -0.3 is 9.47 Å². The predicted molar refractivity (Wildman–Crippen MR) is 134 cm³/mol. The molecule has 0 unspecified atom stereocenters. The maximum atomic E-state index is 13.4. The Bertz CT molecular complexity index is 1140. The maximum Gasteiger partial charge on any atom is 0.247 e. The number of hydrogen-bond donors (Lipinski definition) is 0. The Hall–Kier alpha value is -3.13. The molecule has 7 nitrogen and oxygen atoms in total. The first-order valence-electron chi connectivity index (χ1n) is 11.7. The van der Waals surface area contributed by atoms with E-state index >= 15 is 0 Å². The van der Waals surface area contributed by atoms with E-state index in [4.69, 9.17) is 14.5 Å². The molecule has 0 saturated carbocycles. The molecule has 0 radical (unpaired) electrons. The molecule has 0 bridgehead atoms. The predicted octanol–water partition coefficient (Wildman–Crippen LogP) is 5.91. The van der Waals surface area contributed by atoms with Crippen LogP contribution in [0, 0.1) is 5.92 Å². The van der Waals surface area contributed by atoms with Crippen LogP contribution in [-0.2, 0) is 4.79 Å². The number of para-hydroxylation sites is 1. The van der Waals surface area contributed by atoms with Gasteiger partial charge in [0.25, 0.3) is 0 Å². The van der Waals surface area contributed by atoms with Gasteiger partial charge in [-0.1, -0.05) is 50.7 Å². The summed E-state index contributed by atoms with van der Waals surface area (Å²) in [5, 5.41) is 9.39. The van der Waals surface area contributed by atoms with Gasteiger partial charge in [-0.3, -0.25) is 9.69 Å². The van der Waals surface area contributed by atoms with Gasteiger partial charge in [0.15, 0.2) is 5.69 Å². The molecule has 0 spiro atoms. The summed E-state index contributed by atoms with van der Waals surface area (Å²) in [5.41, 5.74) is 2.87. The van der Waals surface area contributed by atoms with E-state index in [1.807, 2.05) is 62.4 Å². The summed E-state index contributed by atoms with van der Waals surface area (Å²) >= 11 is 1.55. The highest BCUT2D eigenvalue weighted by Crippen LogP contribution is 2.43. The first-order chi connectivity index (χ1) is 16.5. The Kier molecular flexibility index (Phi) is 7.67. The average molecular weight is 479 g/mol. The standard InChI is InChI=1S/C26H30N4O3S/c1-5-9-22(31)30-21-11-8-7-10-20(21)23-24(27-26(29-28-23)34-16-17(3)4)33-25(30)18-12-14-19(15-13-18)32-6-2/h7-8,10-15,17,25H,5-6,9,16H2,1-4H3/t25-/m1/s1. The zero-order valence-corrected chi connectivity index (χ0v) is 20.8. The Morgan fingerprint density at radius 2 is 1.88 bits per heavy atom. The van der Waals surface area contributed by atoms with Crippen LogP contribution in [0.3, 0.4) is 0 Å². The van der Waals surface area contributed by atoms with Crippen molar-refractivity contribution < 1.29 is 14.3 Å². The van der Waals surface area contributed by atoms with Gasteiger partial charge in [0.1, 0.15) is 5.75 Å². The number of carbonyl (C=O) groups excluding carboxylic acids is 1. The highest BCUT2D eigenvalue weighted by atomic mass is 32.2. The molecule has 2 aromatic carbocycles. The lowest BCUT2D eigenvalue weighted by molar-refractivity contribution is -0.120. The third-order valence-corrected chi connectivity index (χ3v) is 6.53. The van der Waals surface area contributed by atoms with Gasteiger partial charge >= 0.3 is 0 Å². The monoisotopic (exact) mass is 478 g/mol. The minimum Gasteiger partial charge on any atom is -0.494 e. The molecular weight excluding hydrogens is 448 g/mol. The third-order valence-electron chi connectivity index (χ3n) is 5.27. The molecular formula is C26H30N4O3S. The second kappa shape index (κ2) is 10.9. The quantitative estimate of drug-likeness (QED) is 0.372. The zero-order chi connectivity index (χ0) is 24.1. The van der Waals surface area contributed by atoms with Crippen LogP contribution in [0.1, 0.15) is 52.3 Å². The van der Waals surface area contributed by atoms with Crippen LogP contribution >= 0.6 is 11.8 Å². The second-order valence-corrected chi connectivity index (χ2v) is 9.44. The van der Waals surface area contributed by atoms with E-state index in [9.17, 15) is 4.79 Å². The summed E-state index contributed by atoms with van der Waals surface area (Å²) in [6.45, 7) is 8.82. The first kappa shape index (κ1) is 24.0. The van der Waals surface area contributed by atoms with Crippen molar-refractivity contribution in [3.63, 3.8) is 0 Å². The van der Waals surface area contributed by atoms with Gasteiger partial charge in [0, 0.05) is 23.3 Å². The zero-order valence-electron chi connectivity index (χ0n) is 20.0. The van der Waals surface area contributed by atoms with E-state index in [0.29, 0.717) is 35.7 Å². The lowest BCUT2D eigenvalue weighted by atomic mass is 10.1. The summed E-state index contributed by atoms with van der Waals surface area (Å²) in [6, 6.07) is 15.3. The molecule has 178 valence electrons. The van der Waals surface area contributed by atoms with E-state index < -0.39 is 6.23 Å². The van der Waals surface area contributed by atoms with Crippen molar-refractivity contribution in [3.05, 3.63) is 54.1 Å². The van der Waals surface area contributed by atoms with Crippen LogP contribution in [-0.4, -0.2) is 33.4 Å². The van der Waals surface area contributed by atoms with E-state index in [0.717, 1.165) is 34.7 Å². The van der Waals surface area contributed by atoms with Crippen LogP contribution in [0.15, 0.2) is 53.7 Å². The number of nitrogens with zero attached hydrogens (tertiary/aromatic N) is 4. The number of anilines is 1. The van der Waals surface area contributed by atoms with Crippen molar-refractivity contribution in [2.75, 3.05) is 17.3 Å². The molecule has 1 amide bonds. The molecule has 34 heavy (non-hydrogen) atoms. The molecule has 0 N–H and O–H groups in total. The Morgan fingerprint density at radius 1 is 1.12 bits per heavy atom. The van der Waals surface area contributed by atoms with Crippen molar-refractivity contribution in [2.24, 2.45) is 5.92 Å². The van der Waals surface area contributed by atoms with E-state index in [1.165, 1.54) is 0 Å². The number of rotatable bonds is 8. The molecule has 1 aliphatic heterocycles. The number of hydrogen-bond acceptors (Lipinski definition) is 7. The van der Waals surface area contributed by atoms with Crippen molar-refractivity contribution in [1.82, 2.24) is 15.2 Å². The highest BCUT2D eigenvalue weighted by molar-refractivity contribution is 7.99. The van der Waals surface area contributed by atoms with Gasteiger partial charge in [0.2, 0.25) is 23.2 Å². The Labute approximate surface area is 204 Å². The molecule has 0 aliphatic carbocycles. The van der Waals surface area contributed by atoms with E-state index in [-0.39, 0.29) is 5.91 Å². The molecule has 1 aliphatic rings. The van der Waals surface area contributed by atoms with Crippen molar-refractivity contribution in [3.8, 4) is 22.9 Å². The molecule has 2 heterocycles. The van der Waals surface area contributed by atoms with Crippen LogP contribution in [0.4, 0.5) is 5.69 Å². The minimum atomic E-state index is -0.697. The summed E-state index contributed by atoms with van der Waals surface area (Å²) in [6.07, 6.45) is 0.432. The van der Waals surface area contributed by atoms with Crippen molar-refractivity contribution >= 4 is 23.4 Å². The van der Waals surface area contributed by atoms with Crippen molar-refractivity contribution in [2.45, 2.75) is 51.9 Å². The van der Waals surface area contributed by atoms with Crippen LogP contribution < -0.4 is 14.4 Å². The number of amides is 1. The normalized spacial score (nSPS) is 14.7. The number of fused-ring (bicyclic) bond motifs is 3. The summed E-state index contributed by atoms with van der Waals surface area (Å²) in [4.78, 5) is 19.9. The number of thioether (sulfide) groups is 1. The number of aromatic nitrogens is 3. The highest BCUT2D eigenvalue weighted by Gasteiger charge is 2.35. The number of benzene rings is 2. The third kappa shape index (κ3) is 5.17. The summed E-state index contributed by atoms with van der Waals surface area (Å²) < 4.78 is 12.1. The fourth-order valence-electron chi connectivity index (χ4n) is 3.73. The molecule has 1 aromatic heterocycles. The smallest absolute Gasteiger partial charge is 0.247 e. The Morgan fingerprint density at radius 3 is 2.59 bits per heavy atom. The fourth-order valence-corrected chi connectivity index (χ4v) is 4.46. The first-order valence-corrected chi connectivity index (χ1v) is 12.7. The van der Waals surface area contributed by atoms with E-state index in [2.05, 4.69) is 24.0 Å². The van der Waals surface area contributed by atoms with Crippen LogP contribution in [0.25, 0.3) is 11.3 Å². The molecule has 4 rings (SSSR count). The molecule has 1 atom stereocenters. The van der Waals surface area contributed by atoms with Gasteiger partial charge in [-0.15, -0.1) is 10.2 Å². The topological polar surface area (TPSA) is 77.4 Å². The van der Waals surface area contributed by atoms with E-state index in [1.54, 1.807) is 16.7 Å². The largest absolute Gasteiger partial charge is 0.494 e. The Balaban J connectivity index is 1.84. The molecule has 0 saturated heterocycles. The molecule has 8 heteroatoms. The maximum absolute atomic E-state index is 13.4. The van der Waals surface area contributed by atoms with Crippen LogP contribution in [0.2, 0.25) is 0 Å². The second-order valence-electron chi connectivity index (χ2n) is 8.46. The lowest BCUT2D eigenvalue weighted by Crippen LogP contribution is -2.37.